The predicted octanol–water partition coefficient (Wildman–Crippen LogP) is 4.54. The summed E-state index contributed by atoms with van der Waals surface area (Å²) >= 11 is 0. The molecule has 0 heterocycles. The lowest BCUT2D eigenvalue weighted by atomic mass is 10.0. The van der Waals surface area contributed by atoms with Crippen LogP contribution in [-0.4, -0.2) is 72.3 Å². The van der Waals surface area contributed by atoms with E-state index in [-0.39, 0.29) is 13.0 Å². The van der Waals surface area contributed by atoms with E-state index in [2.05, 4.69) is 16.8 Å². The van der Waals surface area contributed by atoms with Gasteiger partial charge in [-0.15, -0.1) is 0 Å². The first kappa shape index (κ1) is 35.9. The van der Waals surface area contributed by atoms with Gasteiger partial charge in [0.05, 0.1) is 13.2 Å². The zero-order valence-corrected chi connectivity index (χ0v) is 23.8. The van der Waals surface area contributed by atoms with Crippen LogP contribution in [0.5, 0.6) is 0 Å². The van der Waals surface area contributed by atoms with Crippen molar-refractivity contribution < 1.29 is 47.8 Å². The third-order valence-corrected chi connectivity index (χ3v) is 6.73. The van der Waals surface area contributed by atoms with Crippen molar-refractivity contribution in [1.29, 1.82) is 0 Å². The highest BCUT2D eigenvalue weighted by Crippen LogP contribution is 2.43. The molecule has 0 saturated heterocycles. The first-order valence-electron chi connectivity index (χ1n) is 13.6. The second kappa shape index (κ2) is 22.9. The molecule has 0 radical (unpaired) electrons. The van der Waals surface area contributed by atoms with Crippen LogP contribution >= 0.6 is 7.82 Å². The van der Waals surface area contributed by atoms with E-state index in [1.54, 1.807) is 0 Å². The van der Waals surface area contributed by atoms with Gasteiger partial charge in [-0.1, -0.05) is 84.0 Å². The molecule has 0 bridgehead atoms. The highest BCUT2D eigenvalue weighted by molar-refractivity contribution is 7.47. The molecule has 0 aliphatic carbocycles. The monoisotopic (exact) mass is 555 g/mol. The van der Waals surface area contributed by atoms with Crippen LogP contribution in [0.25, 0.3) is 0 Å². The molecule has 0 spiro atoms. The fraction of sp³-hybridized carbons (Fsp3) is 0.920. The molecule has 4 N–H and O–H groups in total. The number of carbonyl (C=O) groups is 2. The van der Waals surface area contributed by atoms with Crippen LogP contribution in [0.3, 0.4) is 0 Å². The van der Waals surface area contributed by atoms with Gasteiger partial charge in [-0.25, -0.2) is 4.57 Å². The van der Waals surface area contributed by atoms with E-state index in [1.807, 2.05) is 0 Å². The molecule has 0 aliphatic heterocycles. The fourth-order valence-electron chi connectivity index (χ4n) is 3.61. The lowest BCUT2D eigenvalue weighted by Crippen LogP contribution is -2.38. The van der Waals surface area contributed by atoms with Gasteiger partial charge in [0.25, 0.3) is 0 Å². The summed E-state index contributed by atoms with van der Waals surface area (Å²) in [6.45, 7) is 2.17. The zero-order valence-electron chi connectivity index (χ0n) is 22.9. The molecule has 0 rings (SSSR count). The molecule has 4 unspecified atom stereocenters. The second-order valence-electron chi connectivity index (χ2n) is 9.27. The van der Waals surface area contributed by atoms with Gasteiger partial charge < -0.3 is 29.9 Å². The maximum Gasteiger partial charge on any atom is 0.472 e. The number of unbranched alkanes of at least 4 members (excludes halogenated alkanes) is 12. The number of aliphatic carboxylic acids is 1. The van der Waals surface area contributed by atoms with Crippen LogP contribution in [0, 0.1) is 0 Å². The Morgan fingerprint density at radius 1 is 0.838 bits per heavy atom. The van der Waals surface area contributed by atoms with E-state index in [0.717, 1.165) is 19.3 Å². The molecule has 0 saturated carbocycles. The number of aliphatic hydroxyl groups is 1. The smallest absolute Gasteiger partial charge is 0.472 e. The molecule has 0 fully saturated rings. The maximum atomic E-state index is 12.0. The molecule has 0 aliphatic rings. The van der Waals surface area contributed by atoms with Gasteiger partial charge in [-0.05, 0) is 20.4 Å². The van der Waals surface area contributed by atoms with Gasteiger partial charge in [0.2, 0.25) is 0 Å². The zero-order chi connectivity index (χ0) is 27.9. The van der Waals surface area contributed by atoms with Crippen LogP contribution in [-0.2, 0) is 32.7 Å². The number of hydrogen-bond donors (Lipinski definition) is 4. The third-order valence-electron chi connectivity index (χ3n) is 5.78. The van der Waals surface area contributed by atoms with E-state index in [0.29, 0.717) is 6.42 Å². The Labute approximate surface area is 222 Å². The van der Waals surface area contributed by atoms with Crippen LogP contribution in [0.4, 0.5) is 0 Å². The Balaban J connectivity index is 4.03. The number of esters is 1. The lowest BCUT2D eigenvalue weighted by Gasteiger charge is -2.21. The van der Waals surface area contributed by atoms with Crippen LogP contribution in [0.1, 0.15) is 104 Å². The minimum atomic E-state index is -4.59. The average Bonchev–Trinajstić information content (AvgIpc) is 2.83. The summed E-state index contributed by atoms with van der Waals surface area (Å²) in [6, 6.07) is -1.19. The first-order valence-corrected chi connectivity index (χ1v) is 15.1. The first-order chi connectivity index (χ1) is 17.6. The molecule has 0 amide bonds. The number of nitrogens with one attached hydrogen (secondary N) is 1. The van der Waals surface area contributed by atoms with Crippen molar-refractivity contribution >= 4 is 19.8 Å². The molecule has 12 heteroatoms. The van der Waals surface area contributed by atoms with Gasteiger partial charge in [-0.2, -0.15) is 0 Å². The molecule has 0 aromatic carbocycles. The number of carboxylic acid groups (broad SMARTS) is 1. The van der Waals surface area contributed by atoms with Crippen molar-refractivity contribution in [2.24, 2.45) is 0 Å². The quantitative estimate of drug-likeness (QED) is 0.0513. The molecule has 37 heavy (non-hydrogen) atoms. The minimum Gasteiger partial charge on any atom is -0.480 e. The summed E-state index contributed by atoms with van der Waals surface area (Å²) in [6.07, 6.45) is 13.7. The van der Waals surface area contributed by atoms with E-state index >= 15 is 0 Å². The van der Waals surface area contributed by atoms with Crippen molar-refractivity contribution in [3.8, 4) is 0 Å². The average molecular weight is 556 g/mol. The lowest BCUT2D eigenvalue weighted by molar-refractivity contribution is -0.167. The SMILES string of the molecule is CCCCCCCCCCCCCCCC(=O)OCC(COP(=O)(O)OCC(NC)C(=O)O)OC(C)O. The molecule has 0 aromatic heterocycles. The van der Waals surface area contributed by atoms with Gasteiger partial charge in [0, 0.05) is 6.42 Å². The van der Waals surface area contributed by atoms with Gasteiger partial charge >= 0.3 is 19.8 Å². The van der Waals surface area contributed by atoms with E-state index in [4.69, 9.17) is 19.1 Å². The van der Waals surface area contributed by atoms with Crippen LogP contribution in [0.15, 0.2) is 0 Å². The topological polar surface area (TPSA) is 161 Å². The highest BCUT2D eigenvalue weighted by atomic mass is 31.2. The van der Waals surface area contributed by atoms with Crippen molar-refractivity contribution in [2.75, 3.05) is 26.9 Å². The Morgan fingerprint density at radius 3 is 1.78 bits per heavy atom. The molecule has 4 atom stereocenters. The van der Waals surface area contributed by atoms with Gasteiger partial charge in [0.1, 0.15) is 18.8 Å². The predicted molar refractivity (Wildman–Crippen MR) is 140 cm³/mol. The summed E-state index contributed by atoms with van der Waals surface area (Å²) in [5.74, 6) is -1.68. The van der Waals surface area contributed by atoms with Gasteiger partial charge in [-0.3, -0.25) is 18.6 Å². The molecular weight excluding hydrogens is 505 g/mol. The number of rotatable bonds is 26. The Kier molecular flexibility index (Phi) is 22.2. The Hall–Kier alpha value is -1.07. The second-order valence-corrected chi connectivity index (χ2v) is 10.7. The van der Waals surface area contributed by atoms with Crippen molar-refractivity contribution in [3.63, 3.8) is 0 Å². The number of carbonyl (C=O) groups excluding carboxylic acids is 1. The third kappa shape index (κ3) is 22.6. The molecule has 0 aromatic rings. The van der Waals surface area contributed by atoms with Crippen molar-refractivity contribution in [1.82, 2.24) is 5.32 Å². The van der Waals surface area contributed by atoms with Crippen LogP contribution in [0.2, 0.25) is 0 Å². The summed E-state index contributed by atoms with van der Waals surface area (Å²) in [4.78, 5) is 32.7. The van der Waals surface area contributed by atoms with E-state index in [9.17, 15) is 24.2 Å². The van der Waals surface area contributed by atoms with Crippen molar-refractivity contribution in [2.45, 2.75) is 122 Å². The normalized spacial score (nSPS) is 15.6. The number of carboxylic acids is 1. The molecule has 220 valence electrons. The van der Waals surface area contributed by atoms with Crippen LogP contribution < -0.4 is 5.32 Å². The maximum absolute atomic E-state index is 12.0. The van der Waals surface area contributed by atoms with E-state index in [1.165, 1.54) is 71.8 Å². The molecule has 11 nitrogen and oxygen atoms in total. The number of hydrogen-bond acceptors (Lipinski definition) is 9. The summed E-state index contributed by atoms with van der Waals surface area (Å²) in [7, 11) is -3.23. The number of ether oxygens (including phenoxy) is 2. The summed E-state index contributed by atoms with van der Waals surface area (Å²) in [5, 5.41) is 20.8. The van der Waals surface area contributed by atoms with Gasteiger partial charge in [0.15, 0.2) is 6.29 Å². The molecular formula is C25H50NO10P. The summed E-state index contributed by atoms with van der Waals surface area (Å²) in [5.41, 5.74) is 0. The highest BCUT2D eigenvalue weighted by Gasteiger charge is 2.28. The standard InChI is InChI=1S/C25H50NO10P/c1-4-5-6-7-8-9-10-11-12-13-14-15-16-17-24(28)33-18-22(36-21(2)27)19-34-37(31,32)35-20-23(26-3)25(29)30/h21-23,26-27H,4-20H2,1-3H3,(H,29,30)(H,31,32). The Morgan fingerprint density at radius 2 is 1.32 bits per heavy atom. The number of phosphoric acid groups is 1. The fourth-order valence-corrected chi connectivity index (χ4v) is 4.38. The number of phosphoric ester groups is 1. The number of likely N-dealkylation sites (N-methyl/N-ethyl adjacent to an activating group) is 1. The number of aliphatic hydroxyl groups excluding tert-OH is 1. The van der Waals surface area contributed by atoms with E-state index < -0.39 is 51.4 Å². The van der Waals surface area contributed by atoms with Crippen molar-refractivity contribution in [3.05, 3.63) is 0 Å². The Bertz CT molecular complexity index is 635. The summed E-state index contributed by atoms with van der Waals surface area (Å²) < 4.78 is 31.8. The largest absolute Gasteiger partial charge is 0.480 e. The minimum absolute atomic E-state index is 0.252.